The van der Waals surface area contributed by atoms with Gasteiger partial charge in [-0.25, -0.2) is 4.98 Å². The molecule has 0 aliphatic carbocycles. The van der Waals surface area contributed by atoms with E-state index in [1.165, 1.54) is 0 Å². The monoisotopic (exact) mass is 181 g/mol. The first-order valence-corrected chi connectivity index (χ1v) is 4.64. The van der Waals surface area contributed by atoms with Gasteiger partial charge in [0.2, 0.25) is 0 Å². The molecular formula is C8H11N3S. The molecule has 0 aliphatic rings. The molecule has 0 spiro atoms. The van der Waals surface area contributed by atoms with Crippen LogP contribution in [0.5, 0.6) is 0 Å². The fraction of sp³-hybridized carbons (Fsp3) is 0.500. The Labute approximate surface area is 76.1 Å². The second kappa shape index (κ2) is 4.19. The van der Waals surface area contributed by atoms with Gasteiger partial charge in [0, 0.05) is 11.4 Å². The maximum Gasteiger partial charge on any atom is 0.0898 e. The van der Waals surface area contributed by atoms with Crippen molar-refractivity contribution in [1.29, 1.82) is 5.26 Å². The summed E-state index contributed by atoms with van der Waals surface area (Å²) in [6.07, 6.45) is 0. The van der Waals surface area contributed by atoms with E-state index in [1.807, 2.05) is 25.3 Å². The van der Waals surface area contributed by atoms with Gasteiger partial charge < -0.3 is 0 Å². The van der Waals surface area contributed by atoms with Gasteiger partial charge in [-0.05, 0) is 13.8 Å². The summed E-state index contributed by atoms with van der Waals surface area (Å²) in [4.78, 5) is 4.31. The van der Waals surface area contributed by atoms with E-state index in [-0.39, 0.29) is 6.04 Å². The minimum atomic E-state index is 0.176. The van der Waals surface area contributed by atoms with Gasteiger partial charge in [-0.2, -0.15) is 5.26 Å². The third-order valence-corrected chi connectivity index (χ3v) is 2.36. The summed E-state index contributed by atoms with van der Waals surface area (Å²) < 4.78 is 0. The van der Waals surface area contributed by atoms with Crippen LogP contribution in [-0.2, 0) is 0 Å². The van der Waals surface area contributed by atoms with Crippen LogP contribution in [0.3, 0.4) is 0 Å². The fourth-order valence-electron chi connectivity index (χ4n) is 0.882. The molecular weight excluding hydrogens is 170 g/mol. The lowest BCUT2D eigenvalue weighted by molar-refractivity contribution is 0.607. The van der Waals surface area contributed by atoms with E-state index in [1.54, 1.807) is 11.3 Å². The summed E-state index contributed by atoms with van der Waals surface area (Å²) in [5.41, 5.74) is 1.02. The summed E-state index contributed by atoms with van der Waals surface area (Å²) in [5, 5.41) is 14.5. The zero-order chi connectivity index (χ0) is 8.97. The number of nitrogens with zero attached hydrogens (tertiary/aromatic N) is 2. The number of hydrogen-bond acceptors (Lipinski definition) is 4. The van der Waals surface area contributed by atoms with E-state index in [0.29, 0.717) is 6.54 Å². The largest absolute Gasteiger partial charge is 0.296 e. The standard InChI is InChI=1S/C8H11N3S/c1-6(10-4-3-9)8-5-12-7(2)11-8/h5-6,10H,4H2,1-2H3. The minimum absolute atomic E-state index is 0.176. The molecule has 4 heteroatoms. The average Bonchev–Trinajstić information content (AvgIpc) is 2.47. The molecule has 0 aliphatic heterocycles. The van der Waals surface area contributed by atoms with Crippen LogP contribution in [0, 0.1) is 18.3 Å². The first-order valence-electron chi connectivity index (χ1n) is 3.76. The molecule has 1 N–H and O–H groups in total. The summed E-state index contributed by atoms with van der Waals surface area (Å²) in [6.45, 7) is 4.36. The molecule has 0 aromatic carbocycles. The van der Waals surface area contributed by atoms with Crippen molar-refractivity contribution in [3.05, 3.63) is 16.1 Å². The first kappa shape index (κ1) is 9.17. The van der Waals surface area contributed by atoms with Crippen LogP contribution in [0.25, 0.3) is 0 Å². The average molecular weight is 181 g/mol. The smallest absolute Gasteiger partial charge is 0.0898 e. The third kappa shape index (κ3) is 2.29. The van der Waals surface area contributed by atoms with Gasteiger partial charge in [0.05, 0.1) is 23.3 Å². The normalized spacial score (nSPS) is 12.4. The van der Waals surface area contributed by atoms with Crippen LogP contribution in [0.4, 0.5) is 0 Å². The molecule has 0 fully saturated rings. The van der Waals surface area contributed by atoms with Crippen molar-refractivity contribution in [3.63, 3.8) is 0 Å². The van der Waals surface area contributed by atoms with Crippen LogP contribution in [0.1, 0.15) is 23.7 Å². The van der Waals surface area contributed by atoms with E-state index < -0.39 is 0 Å². The number of hydrogen-bond donors (Lipinski definition) is 1. The van der Waals surface area contributed by atoms with Crippen LogP contribution < -0.4 is 5.32 Å². The number of thiazole rings is 1. The number of aryl methyl sites for hydroxylation is 1. The summed E-state index contributed by atoms with van der Waals surface area (Å²) >= 11 is 1.63. The summed E-state index contributed by atoms with van der Waals surface area (Å²) in [6, 6.07) is 2.22. The molecule has 64 valence electrons. The topological polar surface area (TPSA) is 48.7 Å². The van der Waals surface area contributed by atoms with Crippen LogP contribution in [0.15, 0.2) is 5.38 Å². The Balaban J connectivity index is 2.54. The molecule has 3 nitrogen and oxygen atoms in total. The SMILES string of the molecule is Cc1nc(C(C)NCC#N)cs1. The quantitative estimate of drug-likeness (QED) is 0.721. The molecule has 1 atom stereocenters. The lowest BCUT2D eigenvalue weighted by atomic mass is 10.2. The molecule has 0 bridgehead atoms. The Morgan fingerprint density at radius 2 is 2.58 bits per heavy atom. The lowest BCUT2D eigenvalue weighted by Gasteiger charge is -2.06. The molecule has 12 heavy (non-hydrogen) atoms. The molecule has 1 aromatic heterocycles. The zero-order valence-corrected chi connectivity index (χ0v) is 7.98. The Hall–Kier alpha value is -0.920. The van der Waals surface area contributed by atoms with Crippen molar-refractivity contribution in [2.45, 2.75) is 19.9 Å². The van der Waals surface area contributed by atoms with Crippen LogP contribution in [0.2, 0.25) is 0 Å². The Bertz CT molecular complexity index is 287. The highest BCUT2D eigenvalue weighted by molar-refractivity contribution is 7.09. The summed E-state index contributed by atoms with van der Waals surface area (Å²) in [7, 11) is 0. The maximum absolute atomic E-state index is 8.34. The van der Waals surface area contributed by atoms with E-state index in [0.717, 1.165) is 10.7 Å². The van der Waals surface area contributed by atoms with Gasteiger partial charge in [0.1, 0.15) is 0 Å². The van der Waals surface area contributed by atoms with E-state index in [4.69, 9.17) is 5.26 Å². The van der Waals surface area contributed by atoms with Crippen LogP contribution >= 0.6 is 11.3 Å². The fourth-order valence-corrected chi connectivity index (χ4v) is 1.59. The van der Waals surface area contributed by atoms with Crippen molar-refractivity contribution in [2.75, 3.05) is 6.54 Å². The van der Waals surface area contributed by atoms with Gasteiger partial charge in [0.15, 0.2) is 0 Å². The van der Waals surface area contributed by atoms with Crippen molar-refractivity contribution in [1.82, 2.24) is 10.3 Å². The predicted molar refractivity (Wildman–Crippen MR) is 48.9 cm³/mol. The Kier molecular flexibility index (Phi) is 3.20. The van der Waals surface area contributed by atoms with E-state index in [9.17, 15) is 0 Å². The highest BCUT2D eigenvalue weighted by atomic mass is 32.1. The number of rotatable bonds is 3. The second-order valence-corrected chi connectivity index (χ2v) is 3.61. The minimum Gasteiger partial charge on any atom is -0.296 e. The molecule has 0 amide bonds. The Morgan fingerprint density at radius 3 is 3.08 bits per heavy atom. The van der Waals surface area contributed by atoms with E-state index >= 15 is 0 Å². The molecule has 0 saturated carbocycles. The van der Waals surface area contributed by atoms with Crippen molar-refractivity contribution >= 4 is 11.3 Å². The van der Waals surface area contributed by atoms with Gasteiger partial charge >= 0.3 is 0 Å². The van der Waals surface area contributed by atoms with Gasteiger partial charge in [0.25, 0.3) is 0 Å². The molecule has 0 radical (unpaired) electrons. The number of nitrogens with one attached hydrogen (secondary N) is 1. The number of aromatic nitrogens is 1. The van der Waals surface area contributed by atoms with Crippen molar-refractivity contribution < 1.29 is 0 Å². The maximum atomic E-state index is 8.34. The van der Waals surface area contributed by atoms with E-state index in [2.05, 4.69) is 10.3 Å². The lowest BCUT2D eigenvalue weighted by Crippen LogP contribution is -2.18. The summed E-state index contributed by atoms with van der Waals surface area (Å²) in [5.74, 6) is 0. The van der Waals surface area contributed by atoms with Crippen LogP contribution in [-0.4, -0.2) is 11.5 Å². The van der Waals surface area contributed by atoms with Gasteiger partial charge in [-0.3, -0.25) is 5.32 Å². The van der Waals surface area contributed by atoms with Crippen molar-refractivity contribution in [3.8, 4) is 6.07 Å². The molecule has 1 rings (SSSR count). The van der Waals surface area contributed by atoms with Gasteiger partial charge in [-0.15, -0.1) is 11.3 Å². The highest BCUT2D eigenvalue weighted by Gasteiger charge is 2.06. The molecule has 1 aromatic rings. The second-order valence-electron chi connectivity index (χ2n) is 2.55. The third-order valence-electron chi connectivity index (χ3n) is 1.57. The van der Waals surface area contributed by atoms with Crippen molar-refractivity contribution in [2.24, 2.45) is 0 Å². The molecule has 0 saturated heterocycles. The molecule has 1 unspecified atom stereocenters. The zero-order valence-electron chi connectivity index (χ0n) is 7.16. The molecule has 1 heterocycles. The number of nitriles is 1. The predicted octanol–water partition coefficient (Wildman–Crippen LogP) is 1.63. The highest BCUT2D eigenvalue weighted by Crippen LogP contribution is 2.14. The van der Waals surface area contributed by atoms with Gasteiger partial charge in [-0.1, -0.05) is 0 Å². The first-order chi connectivity index (χ1) is 5.74. The Morgan fingerprint density at radius 1 is 1.83 bits per heavy atom.